The molecule has 1 aromatic carbocycles. The number of rotatable bonds is 4. The lowest BCUT2D eigenvalue weighted by Crippen LogP contribution is -2.26. The van der Waals surface area contributed by atoms with E-state index < -0.39 is 5.82 Å². The van der Waals surface area contributed by atoms with Crippen molar-refractivity contribution in [2.75, 3.05) is 11.1 Å². The molecule has 0 bridgehead atoms. The van der Waals surface area contributed by atoms with E-state index in [0.29, 0.717) is 17.0 Å². The van der Waals surface area contributed by atoms with Crippen LogP contribution < -0.4 is 5.32 Å². The van der Waals surface area contributed by atoms with E-state index in [1.807, 2.05) is 17.8 Å². The molecule has 1 fully saturated rings. The Labute approximate surface area is 112 Å². The van der Waals surface area contributed by atoms with Crippen molar-refractivity contribution in [1.29, 1.82) is 5.26 Å². The predicted molar refractivity (Wildman–Crippen MR) is 74.3 cm³/mol. The van der Waals surface area contributed by atoms with Crippen LogP contribution in [0, 0.1) is 17.1 Å². The van der Waals surface area contributed by atoms with Crippen LogP contribution in [0.15, 0.2) is 18.2 Å². The van der Waals surface area contributed by atoms with Gasteiger partial charge in [0.1, 0.15) is 17.4 Å². The lowest BCUT2D eigenvalue weighted by Gasteiger charge is -2.22. The molecule has 4 heteroatoms. The molecule has 1 aliphatic rings. The summed E-state index contributed by atoms with van der Waals surface area (Å²) in [6, 6.07) is 7.05. The van der Waals surface area contributed by atoms with E-state index in [1.165, 1.54) is 18.9 Å². The Hall–Kier alpha value is -1.21. The second-order valence-corrected chi connectivity index (χ2v) is 5.97. The van der Waals surface area contributed by atoms with Crippen LogP contribution in [0.4, 0.5) is 10.1 Å². The lowest BCUT2D eigenvalue weighted by molar-refractivity contribution is 0.623. The van der Waals surface area contributed by atoms with Gasteiger partial charge in [-0.25, -0.2) is 4.39 Å². The summed E-state index contributed by atoms with van der Waals surface area (Å²) in [5.41, 5.74) is 0.760. The quantitative estimate of drug-likeness (QED) is 0.899. The zero-order chi connectivity index (χ0) is 13.0. The van der Waals surface area contributed by atoms with Crippen LogP contribution >= 0.6 is 11.8 Å². The monoisotopic (exact) mass is 264 g/mol. The van der Waals surface area contributed by atoms with Gasteiger partial charge >= 0.3 is 0 Å². The average Bonchev–Trinajstić information content (AvgIpc) is 2.78. The summed E-state index contributed by atoms with van der Waals surface area (Å²) in [6.07, 6.45) is 3.50. The molecule has 1 aromatic rings. The zero-order valence-corrected chi connectivity index (χ0v) is 11.3. The number of nitrogens with one attached hydrogen (secondary N) is 1. The third kappa shape index (κ3) is 2.78. The molecule has 0 heterocycles. The molecule has 0 aromatic heterocycles. The minimum atomic E-state index is -0.444. The minimum Gasteiger partial charge on any atom is -0.380 e. The van der Waals surface area contributed by atoms with Crippen LogP contribution in [0.1, 0.15) is 31.7 Å². The number of nitriles is 1. The summed E-state index contributed by atoms with van der Waals surface area (Å²) in [5.74, 6) is 0.650. The first-order valence-electron chi connectivity index (χ1n) is 6.33. The third-order valence-electron chi connectivity index (χ3n) is 3.30. The Morgan fingerprint density at radius 1 is 1.50 bits per heavy atom. The number of thioether (sulfide) groups is 1. The van der Waals surface area contributed by atoms with Crippen molar-refractivity contribution < 1.29 is 4.39 Å². The Morgan fingerprint density at radius 3 is 3.06 bits per heavy atom. The highest BCUT2D eigenvalue weighted by molar-refractivity contribution is 7.99. The summed E-state index contributed by atoms with van der Waals surface area (Å²) in [5, 5.41) is 12.9. The van der Waals surface area contributed by atoms with Crippen LogP contribution in [0.3, 0.4) is 0 Å². The van der Waals surface area contributed by atoms with Crippen molar-refractivity contribution >= 4 is 17.4 Å². The number of benzene rings is 1. The molecule has 0 aliphatic heterocycles. The maximum absolute atomic E-state index is 13.5. The summed E-state index contributed by atoms with van der Waals surface area (Å²) >= 11 is 1.94. The van der Waals surface area contributed by atoms with E-state index in [2.05, 4.69) is 12.2 Å². The van der Waals surface area contributed by atoms with Crippen LogP contribution in [0.25, 0.3) is 0 Å². The minimum absolute atomic E-state index is 0.129. The van der Waals surface area contributed by atoms with Gasteiger partial charge < -0.3 is 5.32 Å². The highest BCUT2D eigenvalue weighted by atomic mass is 32.2. The van der Waals surface area contributed by atoms with Gasteiger partial charge in [-0.05, 0) is 30.7 Å². The van der Waals surface area contributed by atoms with Crippen molar-refractivity contribution in [2.45, 2.75) is 37.5 Å². The molecule has 18 heavy (non-hydrogen) atoms. The topological polar surface area (TPSA) is 35.8 Å². The molecular weight excluding hydrogens is 247 g/mol. The Balaban J connectivity index is 2.14. The van der Waals surface area contributed by atoms with Crippen molar-refractivity contribution in [2.24, 2.45) is 0 Å². The first-order chi connectivity index (χ1) is 8.76. The van der Waals surface area contributed by atoms with E-state index >= 15 is 0 Å². The van der Waals surface area contributed by atoms with Crippen LogP contribution in [0.2, 0.25) is 0 Å². The maximum Gasteiger partial charge on any atom is 0.143 e. The van der Waals surface area contributed by atoms with Gasteiger partial charge in [0.05, 0.1) is 5.69 Å². The fourth-order valence-corrected chi connectivity index (χ4v) is 3.66. The van der Waals surface area contributed by atoms with Crippen molar-refractivity contribution in [3.63, 3.8) is 0 Å². The van der Waals surface area contributed by atoms with Crippen LogP contribution in [-0.2, 0) is 0 Å². The SMILES string of the molecule is CCSC1CCCC1Nc1cccc(F)c1C#N. The highest BCUT2D eigenvalue weighted by Gasteiger charge is 2.27. The average molecular weight is 264 g/mol. The molecular formula is C14H17FN2S. The van der Waals surface area contributed by atoms with Crippen LogP contribution in [-0.4, -0.2) is 17.0 Å². The molecule has 2 unspecified atom stereocenters. The molecule has 0 radical (unpaired) electrons. The van der Waals surface area contributed by atoms with Gasteiger partial charge in [-0.2, -0.15) is 17.0 Å². The molecule has 0 saturated heterocycles. The predicted octanol–water partition coefficient (Wildman–Crippen LogP) is 3.78. The Bertz CT molecular complexity index is 456. The first kappa shape index (κ1) is 13.2. The largest absolute Gasteiger partial charge is 0.380 e. The molecule has 1 N–H and O–H groups in total. The fourth-order valence-electron chi connectivity index (χ4n) is 2.46. The molecule has 2 nitrogen and oxygen atoms in total. The molecule has 1 aliphatic carbocycles. The normalized spacial score (nSPS) is 22.7. The molecule has 1 saturated carbocycles. The van der Waals surface area contributed by atoms with Gasteiger partial charge in [-0.15, -0.1) is 0 Å². The number of anilines is 1. The summed E-state index contributed by atoms with van der Waals surface area (Å²) in [4.78, 5) is 0. The first-order valence-corrected chi connectivity index (χ1v) is 7.38. The summed E-state index contributed by atoms with van der Waals surface area (Å²) < 4.78 is 13.5. The van der Waals surface area contributed by atoms with E-state index in [1.54, 1.807) is 12.1 Å². The van der Waals surface area contributed by atoms with Gasteiger partial charge in [0.2, 0.25) is 0 Å². The van der Waals surface area contributed by atoms with Crippen LogP contribution in [0.5, 0.6) is 0 Å². The second kappa shape index (κ2) is 6.10. The fraction of sp³-hybridized carbons (Fsp3) is 0.500. The summed E-state index contributed by atoms with van der Waals surface area (Å²) in [6.45, 7) is 2.16. The molecule has 96 valence electrons. The van der Waals surface area contributed by atoms with E-state index in [9.17, 15) is 4.39 Å². The smallest absolute Gasteiger partial charge is 0.143 e. The Kier molecular flexibility index (Phi) is 4.48. The van der Waals surface area contributed by atoms with Crippen molar-refractivity contribution in [3.8, 4) is 6.07 Å². The molecule has 0 amide bonds. The molecule has 0 spiro atoms. The highest BCUT2D eigenvalue weighted by Crippen LogP contribution is 2.33. The van der Waals surface area contributed by atoms with Gasteiger partial charge in [-0.1, -0.05) is 19.4 Å². The standard InChI is InChI=1S/C14H17FN2S/c1-2-18-14-8-4-7-13(14)17-12-6-3-5-11(15)10(12)9-16/h3,5-6,13-14,17H,2,4,7-8H2,1H3. The maximum atomic E-state index is 13.5. The number of hydrogen-bond acceptors (Lipinski definition) is 3. The summed E-state index contributed by atoms with van der Waals surface area (Å²) in [7, 11) is 0. The Morgan fingerprint density at radius 2 is 2.33 bits per heavy atom. The van der Waals surface area contributed by atoms with Gasteiger partial charge in [0, 0.05) is 11.3 Å². The molecule has 2 atom stereocenters. The lowest BCUT2D eigenvalue weighted by atomic mass is 10.1. The molecule has 2 rings (SSSR count). The van der Waals surface area contributed by atoms with E-state index in [4.69, 9.17) is 5.26 Å². The number of hydrogen-bond donors (Lipinski definition) is 1. The van der Waals surface area contributed by atoms with Gasteiger partial charge in [-0.3, -0.25) is 0 Å². The zero-order valence-electron chi connectivity index (χ0n) is 10.4. The van der Waals surface area contributed by atoms with Crippen molar-refractivity contribution in [3.05, 3.63) is 29.6 Å². The number of halogens is 1. The van der Waals surface area contributed by atoms with Gasteiger partial charge in [0.25, 0.3) is 0 Å². The van der Waals surface area contributed by atoms with Crippen molar-refractivity contribution in [1.82, 2.24) is 0 Å². The van der Waals surface area contributed by atoms with E-state index in [-0.39, 0.29) is 5.56 Å². The van der Waals surface area contributed by atoms with Gasteiger partial charge in [0.15, 0.2) is 0 Å². The third-order valence-corrected chi connectivity index (χ3v) is 4.63. The van der Waals surface area contributed by atoms with E-state index in [0.717, 1.165) is 12.2 Å². The number of nitrogens with zero attached hydrogens (tertiary/aromatic N) is 1. The second-order valence-electron chi connectivity index (χ2n) is 4.45.